The fourth-order valence-corrected chi connectivity index (χ4v) is 9.61. The summed E-state index contributed by atoms with van der Waals surface area (Å²) in [5.74, 6) is 0. The van der Waals surface area contributed by atoms with Crippen LogP contribution in [0.1, 0.15) is 0 Å². The van der Waals surface area contributed by atoms with Crippen molar-refractivity contribution in [3.05, 3.63) is 188 Å². The quantitative estimate of drug-likeness (QED) is 0.155. The lowest BCUT2D eigenvalue weighted by Crippen LogP contribution is -2.50. The van der Waals surface area contributed by atoms with Crippen molar-refractivity contribution in [2.45, 2.75) is 0 Å². The average Bonchev–Trinajstić information content (AvgIpc) is 3.78. The SMILES string of the molecule is [B]c1c([B])c(N(c2ccc(-c3cccc4oc5c6ccccc6ccc5c34)cc2)c2c([B])c([B])c(-c3ccc(-c4ccccc4)cc3)c([B])c2[B])c([B])c([B])c1-c1ccc(-c2ccccc2)cc1. The number of hydrogen-bond donors (Lipinski definition) is 0. The molecule has 0 fully saturated rings. The lowest BCUT2D eigenvalue weighted by molar-refractivity contribution is 0.673. The molecule has 68 heavy (non-hydrogen) atoms. The molecule has 11 aromatic rings. The molecule has 0 atom stereocenters. The standard InChI is InChI=1S/C58H31B8NO/c59-48-45(38-22-18-34(19-23-38)32-10-3-1-4-11-32)49(60)53(64)56(52(48)63)67(57-54(65)50(61)46(51(62)55(57)66)39-24-20-35(21-25-39)33-12-5-2-6-13-33)40-29-26-37(27-30-40)41-16-9-17-44-47(41)43-31-28-36-14-7-8-15-42(36)58(43)68-44/h1-31H. The Bertz CT molecular complexity index is 3530. The van der Waals surface area contributed by atoms with Gasteiger partial charge in [-0.2, -0.15) is 0 Å². The van der Waals surface area contributed by atoms with Gasteiger partial charge in [0.2, 0.25) is 0 Å². The largest absolute Gasteiger partial charge is 0.455 e. The van der Waals surface area contributed by atoms with Crippen LogP contribution in [-0.4, -0.2) is 62.8 Å². The monoisotopic (exact) mass is 845 g/mol. The molecular formula is C58H31B8NO. The Labute approximate surface area is 407 Å². The second-order valence-corrected chi connectivity index (χ2v) is 17.0. The molecule has 0 aliphatic rings. The fourth-order valence-electron chi connectivity index (χ4n) is 9.61. The normalized spacial score (nSPS) is 11.4. The van der Waals surface area contributed by atoms with Crippen LogP contribution in [0.3, 0.4) is 0 Å². The first-order chi connectivity index (χ1) is 33.1. The molecule has 0 unspecified atom stereocenters. The molecule has 0 aliphatic heterocycles. The van der Waals surface area contributed by atoms with Gasteiger partial charge in [-0.3, -0.25) is 0 Å². The topological polar surface area (TPSA) is 16.4 Å². The predicted octanol–water partition coefficient (Wildman–Crippen LogP) is 6.89. The Balaban J connectivity index is 1.08. The summed E-state index contributed by atoms with van der Waals surface area (Å²) in [6.07, 6.45) is 0. The zero-order valence-corrected chi connectivity index (χ0v) is 36.9. The third-order valence-electron chi connectivity index (χ3n) is 13.1. The van der Waals surface area contributed by atoms with Crippen molar-refractivity contribution in [1.29, 1.82) is 0 Å². The number of fused-ring (bicyclic) bond motifs is 5. The minimum Gasteiger partial charge on any atom is -0.455 e. The van der Waals surface area contributed by atoms with Crippen molar-refractivity contribution in [3.8, 4) is 55.6 Å². The van der Waals surface area contributed by atoms with Gasteiger partial charge in [0.1, 0.15) is 73.9 Å². The lowest BCUT2D eigenvalue weighted by atomic mass is 9.63. The summed E-state index contributed by atoms with van der Waals surface area (Å²) >= 11 is 0. The molecule has 10 heteroatoms. The van der Waals surface area contributed by atoms with Gasteiger partial charge in [0.05, 0.1) is 0 Å². The van der Waals surface area contributed by atoms with Gasteiger partial charge in [0.25, 0.3) is 0 Å². The maximum Gasteiger partial charge on any atom is 0.143 e. The maximum absolute atomic E-state index is 7.15. The molecule has 0 saturated heterocycles. The predicted molar refractivity (Wildman–Crippen MR) is 296 cm³/mol. The first-order valence-corrected chi connectivity index (χ1v) is 22.2. The van der Waals surface area contributed by atoms with Crippen LogP contribution in [0.15, 0.2) is 192 Å². The summed E-state index contributed by atoms with van der Waals surface area (Å²) in [5, 5.41) is 4.17. The highest BCUT2D eigenvalue weighted by atomic mass is 16.3. The number of hydrogen-bond acceptors (Lipinski definition) is 2. The van der Waals surface area contributed by atoms with Crippen LogP contribution in [0.2, 0.25) is 0 Å². The number of anilines is 3. The van der Waals surface area contributed by atoms with E-state index in [0.717, 1.165) is 77.2 Å². The summed E-state index contributed by atoms with van der Waals surface area (Å²) in [7, 11) is 56.7. The van der Waals surface area contributed by atoms with Crippen LogP contribution in [0.5, 0.6) is 0 Å². The first kappa shape index (κ1) is 43.2. The van der Waals surface area contributed by atoms with Crippen molar-refractivity contribution >= 4 is 156 Å². The van der Waals surface area contributed by atoms with Crippen LogP contribution >= 0.6 is 0 Å². The molecule has 0 N–H and O–H groups in total. The van der Waals surface area contributed by atoms with E-state index in [1.165, 1.54) is 0 Å². The highest BCUT2D eigenvalue weighted by Crippen LogP contribution is 2.41. The van der Waals surface area contributed by atoms with E-state index in [1.807, 2.05) is 133 Å². The average molecular weight is 844 g/mol. The van der Waals surface area contributed by atoms with E-state index in [9.17, 15) is 0 Å². The van der Waals surface area contributed by atoms with E-state index in [4.69, 9.17) is 67.2 Å². The molecule has 1 heterocycles. The third-order valence-corrected chi connectivity index (χ3v) is 13.1. The van der Waals surface area contributed by atoms with Gasteiger partial charge in [0, 0.05) is 33.2 Å². The van der Waals surface area contributed by atoms with Gasteiger partial charge < -0.3 is 9.32 Å². The van der Waals surface area contributed by atoms with Gasteiger partial charge >= 0.3 is 0 Å². The Morgan fingerprint density at radius 3 is 1.24 bits per heavy atom. The van der Waals surface area contributed by atoms with E-state index in [1.54, 1.807) is 4.90 Å². The molecule has 0 saturated carbocycles. The molecule has 16 radical (unpaired) electrons. The van der Waals surface area contributed by atoms with Crippen LogP contribution in [0.4, 0.5) is 17.1 Å². The second-order valence-electron chi connectivity index (χ2n) is 17.0. The Morgan fingerprint density at radius 2 is 0.735 bits per heavy atom. The highest BCUT2D eigenvalue weighted by molar-refractivity contribution is 6.65. The minimum absolute atomic E-state index is 0.154. The molecule has 2 nitrogen and oxygen atoms in total. The molecule has 11 rings (SSSR count). The van der Waals surface area contributed by atoms with Crippen molar-refractivity contribution in [1.82, 2.24) is 0 Å². The van der Waals surface area contributed by atoms with Gasteiger partial charge in [-0.15, -0.1) is 0 Å². The van der Waals surface area contributed by atoms with Crippen LogP contribution < -0.4 is 48.6 Å². The summed E-state index contributed by atoms with van der Waals surface area (Å²) in [6.45, 7) is 0. The zero-order chi connectivity index (χ0) is 46.8. The van der Waals surface area contributed by atoms with Crippen LogP contribution in [0, 0.1) is 0 Å². The van der Waals surface area contributed by atoms with Crippen LogP contribution in [0.25, 0.3) is 88.3 Å². The smallest absolute Gasteiger partial charge is 0.143 e. The third kappa shape index (κ3) is 7.17. The molecule has 0 aliphatic carbocycles. The molecule has 0 bridgehead atoms. The van der Waals surface area contributed by atoms with Crippen LogP contribution in [-0.2, 0) is 0 Å². The van der Waals surface area contributed by atoms with E-state index >= 15 is 0 Å². The number of rotatable bonds is 8. The van der Waals surface area contributed by atoms with Gasteiger partial charge in [-0.25, -0.2) is 0 Å². The summed E-state index contributed by atoms with van der Waals surface area (Å²) < 4.78 is 6.53. The zero-order valence-electron chi connectivity index (χ0n) is 36.9. The molecule has 10 aromatic carbocycles. The number of nitrogens with zero attached hydrogens (tertiary/aromatic N) is 1. The van der Waals surface area contributed by atoms with Crippen molar-refractivity contribution < 1.29 is 4.42 Å². The summed E-state index contributed by atoms with van der Waals surface area (Å²) in [6, 6.07) is 62.5. The number of furan rings is 1. The second kappa shape index (κ2) is 17.3. The fraction of sp³-hybridized carbons (Fsp3) is 0. The molecule has 1 aromatic heterocycles. The Hall–Kier alpha value is -7.42. The van der Waals surface area contributed by atoms with Gasteiger partial charge in [0.15, 0.2) is 0 Å². The highest BCUT2D eigenvalue weighted by Gasteiger charge is 2.26. The molecule has 298 valence electrons. The van der Waals surface area contributed by atoms with E-state index < -0.39 is 0 Å². The Morgan fingerprint density at radius 1 is 0.309 bits per heavy atom. The molecule has 0 amide bonds. The number of benzene rings is 10. The summed E-state index contributed by atoms with van der Waals surface area (Å²) in [5.41, 5.74) is 12.8. The van der Waals surface area contributed by atoms with E-state index in [2.05, 4.69) is 54.6 Å². The molecular weight excluding hydrogens is 813 g/mol. The maximum atomic E-state index is 7.15. The van der Waals surface area contributed by atoms with Crippen molar-refractivity contribution in [2.24, 2.45) is 0 Å². The Kier molecular flexibility index (Phi) is 11.0. The van der Waals surface area contributed by atoms with Crippen molar-refractivity contribution in [2.75, 3.05) is 4.90 Å². The van der Waals surface area contributed by atoms with Gasteiger partial charge in [-0.05, 0) is 85.3 Å². The lowest BCUT2D eigenvalue weighted by Gasteiger charge is -2.37. The molecule has 0 spiro atoms. The van der Waals surface area contributed by atoms with E-state index in [-0.39, 0.29) is 55.1 Å². The van der Waals surface area contributed by atoms with Gasteiger partial charge in [-0.1, -0.05) is 207 Å². The first-order valence-electron chi connectivity index (χ1n) is 22.2. The van der Waals surface area contributed by atoms with E-state index in [0.29, 0.717) is 16.8 Å². The minimum atomic E-state index is 0.154. The summed E-state index contributed by atoms with van der Waals surface area (Å²) in [4.78, 5) is 1.75. The van der Waals surface area contributed by atoms with Crippen molar-refractivity contribution in [3.63, 3.8) is 0 Å².